The predicted octanol–water partition coefficient (Wildman–Crippen LogP) is 7.14. The van der Waals surface area contributed by atoms with Crippen molar-refractivity contribution >= 4 is 12.4 Å². The molecule has 0 bridgehead atoms. The second-order valence-electron chi connectivity index (χ2n) is 7.29. The van der Waals surface area contributed by atoms with E-state index in [1.54, 1.807) is 12.4 Å². The molecule has 0 saturated carbocycles. The third-order valence-electron chi connectivity index (χ3n) is 4.91. The number of aliphatic imine (C=N–C) groups is 2. The third kappa shape index (κ3) is 12.3. The van der Waals surface area contributed by atoms with Crippen LogP contribution in [0, 0.1) is 12.1 Å². The van der Waals surface area contributed by atoms with E-state index in [2.05, 4.69) is 23.8 Å². The number of nitrogens with zero attached hydrogens (tertiary/aromatic N) is 2. The van der Waals surface area contributed by atoms with E-state index >= 15 is 0 Å². The van der Waals surface area contributed by atoms with E-state index in [4.69, 9.17) is 0 Å². The SMILES string of the molecule is CCCCCCCCCCCCC(C)CCCC[C+]1N=CC=N1. The van der Waals surface area contributed by atoms with E-state index in [1.165, 1.54) is 89.9 Å². The zero-order valence-corrected chi connectivity index (χ0v) is 15.7. The highest BCUT2D eigenvalue weighted by Gasteiger charge is 2.14. The van der Waals surface area contributed by atoms with Gasteiger partial charge in [-0.05, 0) is 12.3 Å². The van der Waals surface area contributed by atoms with Crippen LogP contribution < -0.4 is 0 Å². The minimum atomic E-state index is 0.893. The fraction of sp³-hybridized carbons (Fsp3) is 0.857. The molecule has 1 atom stereocenters. The molecule has 2 nitrogen and oxygen atoms in total. The van der Waals surface area contributed by atoms with E-state index in [0.29, 0.717) is 0 Å². The highest BCUT2D eigenvalue weighted by molar-refractivity contribution is 6.18. The minimum Gasteiger partial charge on any atom is -0.0968 e. The van der Waals surface area contributed by atoms with Gasteiger partial charge >= 0.3 is 0 Å². The summed E-state index contributed by atoms with van der Waals surface area (Å²) in [6, 6.07) is 0. The molecule has 0 aromatic rings. The van der Waals surface area contributed by atoms with Gasteiger partial charge in [-0.25, -0.2) is 0 Å². The number of unbranched alkanes of at least 4 members (excludes halogenated alkanes) is 10. The van der Waals surface area contributed by atoms with Crippen LogP contribution in [0.25, 0.3) is 0 Å². The summed E-state index contributed by atoms with van der Waals surface area (Å²) < 4.78 is 0. The maximum Gasteiger partial charge on any atom is 0.240 e. The van der Waals surface area contributed by atoms with Gasteiger partial charge in [-0.2, -0.15) is 0 Å². The minimum absolute atomic E-state index is 0.893. The molecule has 0 radical (unpaired) electrons. The Hall–Kier alpha value is -0.790. The van der Waals surface area contributed by atoms with E-state index in [9.17, 15) is 0 Å². The summed E-state index contributed by atoms with van der Waals surface area (Å²) >= 11 is 0. The number of hydrogen-bond acceptors (Lipinski definition) is 2. The third-order valence-corrected chi connectivity index (χ3v) is 4.91. The average molecular weight is 320 g/mol. The lowest BCUT2D eigenvalue weighted by molar-refractivity contribution is 0.434. The van der Waals surface area contributed by atoms with Crippen LogP contribution in [0.2, 0.25) is 0 Å². The lowest BCUT2D eigenvalue weighted by Gasteiger charge is -2.10. The normalized spacial score (nSPS) is 14.8. The van der Waals surface area contributed by atoms with Gasteiger partial charge in [0.15, 0.2) is 12.4 Å². The van der Waals surface area contributed by atoms with Crippen LogP contribution in [-0.2, 0) is 0 Å². The van der Waals surface area contributed by atoms with Crippen LogP contribution in [0.5, 0.6) is 0 Å². The summed E-state index contributed by atoms with van der Waals surface area (Å²) in [6.45, 7) is 4.71. The molecule has 0 saturated heterocycles. The topological polar surface area (TPSA) is 24.7 Å². The lowest BCUT2D eigenvalue weighted by atomic mass is 9.96. The highest BCUT2D eigenvalue weighted by Crippen LogP contribution is 2.21. The van der Waals surface area contributed by atoms with Gasteiger partial charge < -0.3 is 0 Å². The number of hydrogen-bond donors (Lipinski definition) is 0. The Balaban J connectivity index is 1.76. The van der Waals surface area contributed by atoms with Crippen LogP contribution in [-0.4, -0.2) is 12.4 Å². The Labute approximate surface area is 145 Å². The van der Waals surface area contributed by atoms with Crippen molar-refractivity contribution in [3.05, 3.63) is 6.17 Å². The molecular weight excluding hydrogens is 280 g/mol. The van der Waals surface area contributed by atoms with Crippen LogP contribution in [0.15, 0.2) is 9.98 Å². The first kappa shape index (κ1) is 20.3. The van der Waals surface area contributed by atoms with Crippen molar-refractivity contribution in [2.24, 2.45) is 15.9 Å². The van der Waals surface area contributed by atoms with Crippen molar-refractivity contribution < 1.29 is 0 Å². The molecule has 1 aliphatic heterocycles. The largest absolute Gasteiger partial charge is 0.240 e. The molecule has 23 heavy (non-hydrogen) atoms. The van der Waals surface area contributed by atoms with Gasteiger partial charge in [0.25, 0.3) is 0 Å². The molecule has 0 aromatic carbocycles. The quantitative estimate of drug-likeness (QED) is 0.213. The van der Waals surface area contributed by atoms with E-state index in [1.807, 2.05) is 0 Å². The molecule has 0 aromatic heterocycles. The fourth-order valence-electron chi connectivity index (χ4n) is 3.30. The van der Waals surface area contributed by atoms with Gasteiger partial charge in [0.05, 0.1) is 6.42 Å². The zero-order valence-electron chi connectivity index (χ0n) is 15.7. The van der Waals surface area contributed by atoms with Gasteiger partial charge in [-0.3, -0.25) is 0 Å². The van der Waals surface area contributed by atoms with E-state index in [-0.39, 0.29) is 0 Å². The summed E-state index contributed by atoms with van der Waals surface area (Å²) in [5.41, 5.74) is 0. The van der Waals surface area contributed by atoms with Gasteiger partial charge in [0.2, 0.25) is 6.17 Å². The molecule has 2 heteroatoms. The van der Waals surface area contributed by atoms with Crippen molar-refractivity contribution in [1.29, 1.82) is 0 Å². The summed E-state index contributed by atoms with van der Waals surface area (Å²) in [5.74, 6) is 0.893. The summed E-state index contributed by atoms with van der Waals surface area (Å²) in [6.07, 6.45) is 25.4. The fourth-order valence-corrected chi connectivity index (χ4v) is 3.30. The van der Waals surface area contributed by atoms with Gasteiger partial charge in [0.1, 0.15) is 0 Å². The Morgan fingerprint density at radius 3 is 1.74 bits per heavy atom. The van der Waals surface area contributed by atoms with E-state index < -0.39 is 0 Å². The molecule has 0 N–H and O–H groups in total. The standard InChI is InChI=1S/C21H39N2/c1-3-4-5-6-7-8-9-10-11-12-15-20(2)16-13-14-17-21-22-18-19-23-21/h18-20H,3-17H2,1-2H3/q+1. The molecule has 0 fully saturated rings. The first-order valence-corrected chi connectivity index (χ1v) is 10.3. The Morgan fingerprint density at radius 1 is 0.696 bits per heavy atom. The predicted molar refractivity (Wildman–Crippen MR) is 104 cm³/mol. The monoisotopic (exact) mass is 319 g/mol. The Kier molecular flexibility index (Phi) is 13.0. The van der Waals surface area contributed by atoms with Crippen molar-refractivity contribution in [1.82, 2.24) is 0 Å². The molecule has 1 heterocycles. The second kappa shape index (κ2) is 14.8. The van der Waals surface area contributed by atoms with Crippen LogP contribution in [0.3, 0.4) is 0 Å². The maximum atomic E-state index is 4.23. The van der Waals surface area contributed by atoms with Crippen molar-refractivity contribution in [2.45, 2.75) is 110 Å². The van der Waals surface area contributed by atoms with Gasteiger partial charge in [-0.1, -0.05) is 107 Å². The van der Waals surface area contributed by atoms with E-state index in [0.717, 1.165) is 18.5 Å². The molecule has 1 unspecified atom stereocenters. The number of rotatable bonds is 16. The molecule has 0 amide bonds. The highest BCUT2D eigenvalue weighted by atomic mass is 15.0. The summed E-state index contributed by atoms with van der Waals surface area (Å²) in [4.78, 5) is 8.46. The first-order chi connectivity index (χ1) is 11.3. The van der Waals surface area contributed by atoms with Crippen LogP contribution in [0.4, 0.5) is 0 Å². The lowest BCUT2D eigenvalue weighted by Crippen LogP contribution is -1.96. The Bertz CT molecular complexity index is 297. The second-order valence-corrected chi connectivity index (χ2v) is 7.29. The summed E-state index contributed by atoms with van der Waals surface area (Å²) in [5, 5.41) is 0. The van der Waals surface area contributed by atoms with Crippen LogP contribution >= 0.6 is 0 Å². The average Bonchev–Trinajstić information content (AvgIpc) is 3.07. The molecule has 0 aliphatic carbocycles. The van der Waals surface area contributed by atoms with Gasteiger partial charge in [0, 0.05) is 0 Å². The van der Waals surface area contributed by atoms with Crippen molar-refractivity contribution in [3.8, 4) is 0 Å². The summed E-state index contributed by atoms with van der Waals surface area (Å²) in [7, 11) is 0. The maximum absolute atomic E-state index is 4.23. The molecule has 1 aliphatic rings. The zero-order chi connectivity index (χ0) is 16.6. The Morgan fingerprint density at radius 2 is 1.17 bits per heavy atom. The smallest absolute Gasteiger partial charge is 0.0968 e. The molecular formula is C21H39N2+. The molecule has 0 spiro atoms. The molecule has 132 valence electrons. The van der Waals surface area contributed by atoms with Gasteiger partial charge in [-0.15, -0.1) is 0 Å². The van der Waals surface area contributed by atoms with Crippen molar-refractivity contribution in [2.75, 3.05) is 0 Å². The first-order valence-electron chi connectivity index (χ1n) is 10.3. The van der Waals surface area contributed by atoms with Crippen molar-refractivity contribution in [3.63, 3.8) is 0 Å². The van der Waals surface area contributed by atoms with Crippen LogP contribution in [0.1, 0.15) is 110 Å². The molecule has 1 rings (SSSR count).